The summed E-state index contributed by atoms with van der Waals surface area (Å²) < 4.78 is 20.9. The molecule has 1 N–H and O–H groups in total. The molecule has 1 aromatic carbocycles. The summed E-state index contributed by atoms with van der Waals surface area (Å²) in [6, 6.07) is 5.17. The minimum absolute atomic E-state index is 0.273. The molecule has 0 saturated heterocycles. The Morgan fingerprint density at radius 1 is 1.40 bits per heavy atom. The van der Waals surface area contributed by atoms with Gasteiger partial charge in [-0.1, -0.05) is 19.1 Å². The predicted molar refractivity (Wildman–Crippen MR) is 76.5 cm³/mol. The lowest BCUT2D eigenvalue weighted by molar-refractivity contribution is 0.383. The van der Waals surface area contributed by atoms with Gasteiger partial charge in [0.1, 0.15) is 0 Å². The van der Waals surface area contributed by atoms with Crippen molar-refractivity contribution in [1.29, 1.82) is 0 Å². The summed E-state index contributed by atoms with van der Waals surface area (Å²) in [5.74, 6) is -0.0344. The van der Waals surface area contributed by atoms with E-state index in [0.717, 1.165) is 25.2 Å². The second-order valence-corrected chi connectivity index (χ2v) is 4.57. The number of benzene rings is 1. The zero-order chi connectivity index (χ0) is 14.4. The Balaban J connectivity index is 2.03. The number of ether oxygens (including phenoxy) is 1. The number of hydrogen-bond acceptors (Lipinski definition) is 3. The van der Waals surface area contributed by atoms with E-state index < -0.39 is 0 Å². The molecule has 0 bridgehead atoms. The third-order valence-electron chi connectivity index (χ3n) is 3.11. The van der Waals surface area contributed by atoms with E-state index in [1.54, 1.807) is 24.5 Å². The number of likely N-dealkylation sites (N-methyl/N-ethyl adjacent to an activating group) is 1. The van der Waals surface area contributed by atoms with Crippen molar-refractivity contribution in [3.63, 3.8) is 0 Å². The van der Waals surface area contributed by atoms with Crippen molar-refractivity contribution in [2.24, 2.45) is 0 Å². The number of aromatic nitrogens is 2. The standard InChI is InChI=1S/C15H20FN3O/c1-3-17-8-7-13-10-19(11-18-13)9-12-5-4-6-14(20-2)15(12)16/h4-6,10-11,17H,3,7-9H2,1-2H3. The Bertz CT molecular complexity index is 554. The van der Waals surface area contributed by atoms with Crippen LogP contribution in [-0.4, -0.2) is 29.8 Å². The predicted octanol–water partition coefficient (Wildman–Crippen LogP) is 2.23. The third kappa shape index (κ3) is 3.57. The van der Waals surface area contributed by atoms with Gasteiger partial charge in [0.2, 0.25) is 0 Å². The van der Waals surface area contributed by atoms with Crippen LogP contribution in [0.2, 0.25) is 0 Å². The average molecular weight is 277 g/mol. The molecular weight excluding hydrogens is 257 g/mol. The molecule has 5 heteroatoms. The second-order valence-electron chi connectivity index (χ2n) is 4.57. The van der Waals surface area contributed by atoms with Crippen LogP contribution in [0.25, 0.3) is 0 Å². The van der Waals surface area contributed by atoms with Gasteiger partial charge in [-0.05, 0) is 12.6 Å². The lowest BCUT2D eigenvalue weighted by Gasteiger charge is -2.07. The SMILES string of the molecule is CCNCCc1cn(Cc2cccc(OC)c2F)cn1. The quantitative estimate of drug-likeness (QED) is 0.789. The van der Waals surface area contributed by atoms with Gasteiger partial charge in [-0.2, -0.15) is 0 Å². The molecular formula is C15H20FN3O. The maximum Gasteiger partial charge on any atom is 0.170 e. The van der Waals surface area contributed by atoms with Gasteiger partial charge in [0.15, 0.2) is 11.6 Å². The van der Waals surface area contributed by atoms with Crippen molar-refractivity contribution in [1.82, 2.24) is 14.9 Å². The molecule has 4 nitrogen and oxygen atoms in total. The Morgan fingerprint density at radius 2 is 2.25 bits per heavy atom. The van der Waals surface area contributed by atoms with Crippen LogP contribution in [0.5, 0.6) is 5.75 Å². The van der Waals surface area contributed by atoms with Crippen LogP contribution in [0.4, 0.5) is 4.39 Å². The van der Waals surface area contributed by atoms with Crippen molar-refractivity contribution in [2.45, 2.75) is 19.9 Å². The Labute approximate surface area is 118 Å². The normalized spacial score (nSPS) is 10.8. The number of hydrogen-bond donors (Lipinski definition) is 1. The highest BCUT2D eigenvalue weighted by molar-refractivity contribution is 5.31. The number of nitrogens with zero attached hydrogens (tertiary/aromatic N) is 2. The van der Waals surface area contributed by atoms with Crippen LogP contribution in [0.15, 0.2) is 30.7 Å². The topological polar surface area (TPSA) is 39.1 Å². The van der Waals surface area contributed by atoms with E-state index in [0.29, 0.717) is 12.1 Å². The Kier molecular flexibility index (Phi) is 5.12. The van der Waals surface area contributed by atoms with Crippen LogP contribution >= 0.6 is 0 Å². The van der Waals surface area contributed by atoms with E-state index >= 15 is 0 Å². The van der Waals surface area contributed by atoms with Crippen molar-refractivity contribution in [2.75, 3.05) is 20.2 Å². The van der Waals surface area contributed by atoms with Crippen LogP contribution in [0, 0.1) is 5.82 Å². The highest BCUT2D eigenvalue weighted by atomic mass is 19.1. The number of nitrogens with one attached hydrogen (secondary N) is 1. The van der Waals surface area contributed by atoms with E-state index in [1.165, 1.54) is 7.11 Å². The average Bonchev–Trinajstić information content (AvgIpc) is 2.89. The first-order chi connectivity index (χ1) is 9.74. The maximum absolute atomic E-state index is 14.0. The van der Waals surface area contributed by atoms with Gasteiger partial charge in [-0.25, -0.2) is 9.37 Å². The molecule has 0 aliphatic heterocycles. The van der Waals surface area contributed by atoms with Crippen molar-refractivity contribution >= 4 is 0 Å². The summed E-state index contributed by atoms with van der Waals surface area (Å²) >= 11 is 0. The molecule has 108 valence electrons. The van der Waals surface area contributed by atoms with E-state index in [9.17, 15) is 4.39 Å². The highest BCUT2D eigenvalue weighted by Gasteiger charge is 2.09. The molecule has 0 amide bonds. The molecule has 20 heavy (non-hydrogen) atoms. The molecule has 2 aromatic rings. The van der Waals surface area contributed by atoms with Crippen LogP contribution in [0.1, 0.15) is 18.2 Å². The summed E-state index contributed by atoms with van der Waals surface area (Å²) in [6.07, 6.45) is 4.57. The molecule has 0 radical (unpaired) electrons. The first kappa shape index (κ1) is 14.5. The molecule has 0 atom stereocenters. The smallest absolute Gasteiger partial charge is 0.170 e. The molecule has 0 saturated carbocycles. The van der Waals surface area contributed by atoms with Crippen molar-refractivity contribution < 1.29 is 9.13 Å². The number of methoxy groups -OCH3 is 1. The maximum atomic E-state index is 14.0. The van der Waals surface area contributed by atoms with Gasteiger partial charge < -0.3 is 14.6 Å². The largest absolute Gasteiger partial charge is 0.494 e. The summed E-state index contributed by atoms with van der Waals surface area (Å²) in [4.78, 5) is 4.33. The Hall–Kier alpha value is -1.88. The van der Waals surface area contributed by atoms with Gasteiger partial charge in [0.05, 0.1) is 25.7 Å². The van der Waals surface area contributed by atoms with Crippen molar-refractivity contribution in [3.8, 4) is 5.75 Å². The summed E-state index contributed by atoms with van der Waals surface area (Å²) in [7, 11) is 1.47. The zero-order valence-electron chi connectivity index (χ0n) is 11.9. The van der Waals surface area contributed by atoms with Crippen LogP contribution in [-0.2, 0) is 13.0 Å². The molecule has 0 aliphatic rings. The van der Waals surface area contributed by atoms with Gasteiger partial charge in [-0.3, -0.25) is 0 Å². The zero-order valence-corrected chi connectivity index (χ0v) is 11.9. The third-order valence-corrected chi connectivity index (χ3v) is 3.11. The Morgan fingerprint density at radius 3 is 3.00 bits per heavy atom. The fraction of sp³-hybridized carbons (Fsp3) is 0.400. The lowest BCUT2D eigenvalue weighted by atomic mass is 10.2. The minimum atomic E-state index is -0.308. The van der Waals surface area contributed by atoms with E-state index in [4.69, 9.17) is 4.74 Å². The molecule has 0 fully saturated rings. The summed E-state index contributed by atoms with van der Waals surface area (Å²) in [5.41, 5.74) is 1.61. The molecule has 0 aliphatic carbocycles. The van der Waals surface area contributed by atoms with Crippen molar-refractivity contribution in [3.05, 3.63) is 47.8 Å². The van der Waals surface area contributed by atoms with Gasteiger partial charge in [0, 0.05) is 24.7 Å². The fourth-order valence-electron chi connectivity index (χ4n) is 2.05. The van der Waals surface area contributed by atoms with Gasteiger partial charge >= 0.3 is 0 Å². The molecule has 0 unspecified atom stereocenters. The lowest BCUT2D eigenvalue weighted by Crippen LogP contribution is -2.16. The summed E-state index contributed by atoms with van der Waals surface area (Å²) in [5, 5.41) is 3.25. The van der Waals surface area contributed by atoms with E-state index in [-0.39, 0.29) is 11.6 Å². The molecule has 0 spiro atoms. The highest BCUT2D eigenvalue weighted by Crippen LogP contribution is 2.20. The molecule has 1 aromatic heterocycles. The number of halogens is 1. The first-order valence-electron chi connectivity index (χ1n) is 6.77. The van der Waals surface area contributed by atoms with E-state index in [1.807, 2.05) is 10.8 Å². The van der Waals surface area contributed by atoms with Crippen LogP contribution < -0.4 is 10.1 Å². The fourth-order valence-corrected chi connectivity index (χ4v) is 2.05. The number of rotatable bonds is 7. The summed E-state index contributed by atoms with van der Waals surface area (Å²) in [6.45, 7) is 4.39. The number of imidazole rings is 1. The minimum Gasteiger partial charge on any atom is -0.494 e. The van der Waals surface area contributed by atoms with Gasteiger partial charge in [0.25, 0.3) is 0 Å². The monoisotopic (exact) mass is 277 g/mol. The second kappa shape index (κ2) is 7.05. The first-order valence-corrected chi connectivity index (χ1v) is 6.77. The molecule has 1 heterocycles. The van der Waals surface area contributed by atoms with Gasteiger partial charge in [-0.15, -0.1) is 0 Å². The van der Waals surface area contributed by atoms with E-state index in [2.05, 4.69) is 17.2 Å². The van der Waals surface area contributed by atoms with Crippen LogP contribution in [0.3, 0.4) is 0 Å². The molecule has 2 rings (SSSR count).